The van der Waals surface area contributed by atoms with Crippen molar-refractivity contribution in [3.63, 3.8) is 0 Å². The molecule has 0 radical (unpaired) electrons. The van der Waals surface area contributed by atoms with E-state index in [9.17, 15) is 0 Å². The summed E-state index contributed by atoms with van der Waals surface area (Å²) < 4.78 is 6.43. The normalized spacial score (nSPS) is 10.5. The maximum absolute atomic E-state index is 6.11. The molecule has 0 bridgehead atoms. The largest absolute Gasteiger partial charge is 0.454 e. The lowest BCUT2D eigenvalue weighted by molar-refractivity contribution is 0.479. The van der Waals surface area contributed by atoms with Gasteiger partial charge in [0, 0.05) is 23.3 Å². The summed E-state index contributed by atoms with van der Waals surface area (Å²) in [5.41, 5.74) is 1.03. The molecule has 1 aromatic carbocycles. The first-order valence-corrected chi connectivity index (χ1v) is 7.06. The molecule has 19 heavy (non-hydrogen) atoms. The van der Waals surface area contributed by atoms with Crippen molar-refractivity contribution >= 4 is 39.1 Å². The minimum atomic E-state index is 0.482. The van der Waals surface area contributed by atoms with Crippen LogP contribution in [0.3, 0.4) is 0 Å². The van der Waals surface area contributed by atoms with Crippen molar-refractivity contribution in [2.45, 2.75) is 6.54 Å². The van der Waals surface area contributed by atoms with Crippen LogP contribution in [0.1, 0.15) is 5.56 Å². The van der Waals surface area contributed by atoms with E-state index < -0.39 is 0 Å². The maximum Gasteiger partial charge on any atom is 0.147 e. The van der Waals surface area contributed by atoms with E-state index in [1.807, 2.05) is 13.1 Å². The Hall–Kier alpha value is -0.810. The zero-order valence-corrected chi connectivity index (χ0v) is 13.2. The van der Waals surface area contributed by atoms with Gasteiger partial charge in [-0.05, 0) is 40.7 Å². The van der Waals surface area contributed by atoms with Crippen molar-refractivity contribution in [3.8, 4) is 11.5 Å². The number of rotatable bonds is 4. The van der Waals surface area contributed by atoms with Gasteiger partial charge in [-0.1, -0.05) is 23.2 Å². The van der Waals surface area contributed by atoms with Gasteiger partial charge in [-0.2, -0.15) is 0 Å². The van der Waals surface area contributed by atoms with Crippen LogP contribution in [0, 0.1) is 0 Å². The van der Waals surface area contributed by atoms with Gasteiger partial charge in [-0.15, -0.1) is 0 Å². The fraction of sp³-hybridized carbons (Fsp3) is 0.154. The SMILES string of the molecule is CNCc1cncc(Oc2cc(Cl)c(Br)cc2Cl)c1. The first kappa shape index (κ1) is 14.6. The van der Waals surface area contributed by atoms with Crippen molar-refractivity contribution in [2.75, 3.05) is 7.05 Å². The van der Waals surface area contributed by atoms with Crippen molar-refractivity contribution < 1.29 is 4.74 Å². The molecule has 2 rings (SSSR count). The van der Waals surface area contributed by atoms with Gasteiger partial charge >= 0.3 is 0 Å². The molecule has 0 aliphatic heterocycles. The summed E-state index contributed by atoms with van der Waals surface area (Å²) in [6.45, 7) is 0.721. The monoisotopic (exact) mass is 360 g/mol. The minimum absolute atomic E-state index is 0.482. The fourth-order valence-corrected chi connectivity index (χ4v) is 2.36. The highest BCUT2D eigenvalue weighted by atomic mass is 79.9. The molecule has 3 nitrogen and oxygen atoms in total. The van der Waals surface area contributed by atoms with E-state index in [1.54, 1.807) is 24.5 Å². The van der Waals surface area contributed by atoms with Crippen LogP contribution in [0.2, 0.25) is 10.0 Å². The van der Waals surface area contributed by atoms with Crippen molar-refractivity contribution in [1.82, 2.24) is 10.3 Å². The molecule has 0 aliphatic carbocycles. The van der Waals surface area contributed by atoms with Crippen LogP contribution >= 0.6 is 39.1 Å². The molecule has 100 valence electrons. The predicted octanol–water partition coefficient (Wildman–Crippen LogP) is 4.66. The average molecular weight is 362 g/mol. The molecule has 6 heteroatoms. The molecular weight excluding hydrogens is 351 g/mol. The van der Waals surface area contributed by atoms with Crippen molar-refractivity contribution in [3.05, 3.63) is 50.7 Å². The molecule has 0 atom stereocenters. The molecule has 0 fully saturated rings. The Bertz CT molecular complexity index is 593. The third-order valence-corrected chi connectivity index (χ3v) is 3.85. The maximum atomic E-state index is 6.11. The molecule has 0 aliphatic rings. The van der Waals surface area contributed by atoms with E-state index in [1.165, 1.54) is 0 Å². The molecule has 1 N–H and O–H groups in total. The molecule has 0 spiro atoms. The number of hydrogen-bond acceptors (Lipinski definition) is 3. The number of nitrogens with zero attached hydrogens (tertiary/aromatic N) is 1. The Labute approximate surface area is 130 Å². The van der Waals surface area contributed by atoms with Crippen LogP contribution in [0.5, 0.6) is 11.5 Å². The second kappa shape index (κ2) is 6.57. The van der Waals surface area contributed by atoms with Crippen LogP contribution in [0.4, 0.5) is 0 Å². The lowest BCUT2D eigenvalue weighted by Crippen LogP contribution is -2.05. The van der Waals surface area contributed by atoms with Crippen LogP contribution < -0.4 is 10.1 Å². The molecule has 1 aromatic heterocycles. The Balaban J connectivity index is 2.25. The summed E-state index contributed by atoms with van der Waals surface area (Å²) >= 11 is 15.4. The Morgan fingerprint density at radius 3 is 2.74 bits per heavy atom. The first-order chi connectivity index (χ1) is 9.10. The van der Waals surface area contributed by atoms with Crippen LogP contribution in [0.15, 0.2) is 35.1 Å². The van der Waals surface area contributed by atoms with E-state index in [0.717, 1.165) is 16.6 Å². The number of aromatic nitrogens is 1. The summed E-state index contributed by atoms with van der Waals surface area (Å²) in [6, 6.07) is 5.26. The molecule has 0 saturated heterocycles. The third-order valence-electron chi connectivity index (χ3n) is 2.35. The first-order valence-electron chi connectivity index (χ1n) is 5.51. The van der Waals surface area contributed by atoms with Gasteiger partial charge < -0.3 is 10.1 Å². The second-order valence-electron chi connectivity index (χ2n) is 3.86. The molecule has 2 aromatic rings. The smallest absolute Gasteiger partial charge is 0.147 e. The third kappa shape index (κ3) is 3.83. The van der Waals surface area contributed by atoms with Gasteiger partial charge in [0.25, 0.3) is 0 Å². The van der Waals surface area contributed by atoms with Gasteiger partial charge in [0.05, 0.1) is 16.2 Å². The Morgan fingerprint density at radius 1 is 1.21 bits per heavy atom. The number of pyridine rings is 1. The Kier molecular flexibility index (Phi) is 5.05. The molecular formula is C13H11BrCl2N2O. The van der Waals surface area contributed by atoms with Crippen molar-refractivity contribution in [1.29, 1.82) is 0 Å². The van der Waals surface area contributed by atoms with E-state index in [0.29, 0.717) is 21.5 Å². The Morgan fingerprint density at radius 2 is 2.00 bits per heavy atom. The minimum Gasteiger partial charge on any atom is -0.454 e. The number of benzene rings is 1. The van der Waals surface area contributed by atoms with E-state index in [2.05, 4.69) is 26.2 Å². The highest BCUT2D eigenvalue weighted by molar-refractivity contribution is 9.10. The van der Waals surface area contributed by atoms with Gasteiger partial charge in [-0.3, -0.25) is 4.98 Å². The highest BCUT2D eigenvalue weighted by Crippen LogP contribution is 2.36. The summed E-state index contributed by atoms with van der Waals surface area (Å²) in [5, 5.41) is 4.08. The zero-order chi connectivity index (χ0) is 13.8. The fourth-order valence-electron chi connectivity index (χ4n) is 1.53. The molecule has 1 heterocycles. The zero-order valence-electron chi connectivity index (χ0n) is 10.1. The summed E-state index contributed by atoms with van der Waals surface area (Å²) in [4.78, 5) is 4.12. The van der Waals surface area contributed by atoms with Crippen LogP contribution in [0.25, 0.3) is 0 Å². The lowest BCUT2D eigenvalue weighted by atomic mass is 10.3. The number of halogens is 3. The van der Waals surface area contributed by atoms with Crippen molar-refractivity contribution in [2.24, 2.45) is 0 Å². The lowest BCUT2D eigenvalue weighted by Gasteiger charge is -2.09. The molecule has 0 saturated carbocycles. The highest BCUT2D eigenvalue weighted by Gasteiger charge is 2.08. The van der Waals surface area contributed by atoms with Gasteiger partial charge in [0.1, 0.15) is 11.5 Å². The van der Waals surface area contributed by atoms with Gasteiger partial charge in [0.2, 0.25) is 0 Å². The van der Waals surface area contributed by atoms with E-state index in [4.69, 9.17) is 27.9 Å². The summed E-state index contributed by atoms with van der Waals surface area (Å²) in [6.07, 6.45) is 3.41. The molecule has 0 amide bonds. The summed E-state index contributed by atoms with van der Waals surface area (Å²) in [5.74, 6) is 1.12. The van der Waals surface area contributed by atoms with Gasteiger partial charge in [0.15, 0.2) is 0 Å². The van der Waals surface area contributed by atoms with E-state index >= 15 is 0 Å². The second-order valence-corrected chi connectivity index (χ2v) is 5.53. The summed E-state index contributed by atoms with van der Waals surface area (Å²) in [7, 11) is 1.87. The quantitative estimate of drug-likeness (QED) is 0.804. The van der Waals surface area contributed by atoms with E-state index in [-0.39, 0.29) is 0 Å². The standard InChI is InChI=1S/C13H11BrCl2N2O/c1-17-5-8-2-9(7-18-6-8)19-13-4-11(15)10(14)3-12(13)16/h2-4,6-7,17H,5H2,1H3. The van der Waals surface area contributed by atoms with Crippen LogP contribution in [-0.2, 0) is 6.54 Å². The number of hydrogen-bond donors (Lipinski definition) is 1. The molecule has 0 unspecified atom stereocenters. The predicted molar refractivity (Wildman–Crippen MR) is 81.2 cm³/mol. The number of nitrogens with one attached hydrogen (secondary N) is 1. The average Bonchev–Trinajstić information content (AvgIpc) is 2.37. The van der Waals surface area contributed by atoms with Crippen LogP contribution in [-0.4, -0.2) is 12.0 Å². The topological polar surface area (TPSA) is 34.2 Å². The number of ether oxygens (including phenoxy) is 1. The van der Waals surface area contributed by atoms with Gasteiger partial charge in [-0.25, -0.2) is 0 Å².